The molecular formula is C14H19N3O3. The van der Waals surface area contributed by atoms with Gasteiger partial charge in [0.1, 0.15) is 0 Å². The monoisotopic (exact) mass is 277 g/mol. The predicted molar refractivity (Wildman–Crippen MR) is 75.4 cm³/mol. The van der Waals surface area contributed by atoms with Crippen molar-refractivity contribution in [1.82, 2.24) is 10.2 Å². The highest BCUT2D eigenvalue weighted by Gasteiger charge is 2.28. The molecule has 0 bridgehead atoms. The quantitative estimate of drug-likeness (QED) is 0.794. The molecule has 1 fully saturated rings. The molecular weight excluding hydrogens is 258 g/mol. The molecule has 1 aliphatic rings. The summed E-state index contributed by atoms with van der Waals surface area (Å²) in [6.07, 6.45) is 0.256. The Balaban J connectivity index is 2.04. The second-order valence-electron chi connectivity index (χ2n) is 4.89. The topological polar surface area (TPSA) is 84.7 Å². The van der Waals surface area contributed by atoms with Gasteiger partial charge in [-0.05, 0) is 31.0 Å². The van der Waals surface area contributed by atoms with E-state index >= 15 is 0 Å². The molecule has 1 heterocycles. The van der Waals surface area contributed by atoms with Gasteiger partial charge in [0, 0.05) is 24.3 Å². The molecule has 2 rings (SSSR count). The Hall–Kier alpha value is -2.24. The lowest BCUT2D eigenvalue weighted by Crippen LogP contribution is -2.38. The number of nitrogen functional groups attached to an aromatic ring is 1. The number of nitrogens with two attached hydrogens (primary N) is 1. The zero-order valence-electron chi connectivity index (χ0n) is 11.7. The van der Waals surface area contributed by atoms with Crippen LogP contribution < -0.4 is 11.1 Å². The Kier molecular flexibility index (Phi) is 4.12. The number of ether oxygens (including phenoxy) is 1. The van der Waals surface area contributed by atoms with Gasteiger partial charge in [-0.15, -0.1) is 0 Å². The number of benzene rings is 1. The van der Waals surface area contributed by atoms with E-state index < -0.39 is 6.09 Å². The van der Waals surface area contributed by atoms with Crippen molar-refractivity contribution >= 4 is 17.7 Å². The van der Waals surface area contributed by atoms with Gasteiger partial charge in [0.05, 0.1) is 13.2 Å². The summed E-state index contributed by atoms with van der Waals surface area (Å²) < 4.78 is 4.56. The van der Waals surface area contributed by atoms with Crippen LogP contribution in [0.25, 0.3) is 0 Å². The molecule has 0 aromatic heterocycles. The number of carbonyl (C=O) groups is 2. The van der Waals surface area contributed by atoms with E-state index in [9.17, 15) is 9.59 Å². The molecule has 0 aliphatic carbocycles. The summed E-state index contributed by atoms with van der Waals surface area (Å²) in [6, 6.07) is 5.26. The minimum atomic E-state index is -0.468. The average Bonchev–Trinajstić information content (AvgIpc) is 2.89. The number of nitrogens with one attached hydrogen (secondary N) is 1. The van der Waals surface area contributed by atoms with Crippen LogP contribution in [0.5, 0.6) is 0 Å². The number of likely N-dealkylation sites (tertiary alicyclic amines) is 1. The fourth-order valence-electron chi connectivity index (χ4n) is 2.34. The van der Waals surface area contributed by atoms with E-state index in [1.165, 1.54) is 7.11 Å². The molecule has 108 valence electrons. The van der Waals surface area contributed by atoms with E-state index in [4.69, 9.17) is 5.73 Å². The number of hydrogen-bond donors (Lipinski definition) is 2. The smallest absolute Gasteiger partial charge is 0.407 e. The number of nitrogens with zero attached hydrogens (tertiary/aromatic N) is 1. The molecule has 1 saturated heterocycles. The van der Waals surface area contributed by atoms with Crippen molar-refractivity contribution in [2.45, 2.75) is 19.4 Å². The normalized spacial score (nSPS) is 17.9. The van der Waals surface area contributed by atoms with Crippen molar-refractivity contribution in [3.63, 3.8) is 0 Å². The highest BCUT2D eigenvalue weighted by molar-refractivity contribution is 5.97. The molecule has 0 saturated carbocycles. The van der Waals surface area contributed by atoms with Crippen molar-refractivity contribution in [3.05, 3.63) is 29.3 Å². The Morgan fingerprint density at radius 1 is 1.45 bits per heavy atom. The number of rotatable bonds is 2. The highest BCUT2D eigenvalue weighted by atomic mass is 16.5. The molecule has 6 nitrogen and oxygen atoms in total. The molecule has 1 aromatic rings. The summed E-state index contributed by atoms with van der Waals surface area (Å²) >= 11 is 0. The summed E-state index contributed by atoms with van der Waals surface area (Å²) in [7, 11) is 1.32. The number of methoxy groups -OCH3 is 1. The maximum atomic E-state index is 12.4. The zero-order chi connectivity index (χ0) is 14.7. The van der Waals surface area contributed by atoms with Gasteiger partial charge in [0.25, 0.3) is 5.91 Å². The Labute approximate surface area is 117 Å². The summed E-state index contributed by atoms with van der Waals surface area (Å²) in [6.45, 7) is 2.94. The summed E-state index contributed by atoms with van der Waals surface area (Å²) in [5.41, 5.74) is 7.84. The third-order valence-electron chi connectivity index (χ3n) is 3.59. The lowest BCUT2D eigenvalue weighted by Gasteiger charge is -2.18. The van der Waals surface area contributed by atoms with Crippen LogP contribution in [0.4, 0.5) is 10.5 Å². The van der Waals surface area contributed by atoms with Crippen LogP contribution in [0.15, 0.2) is 18.2 Å². The number of anilines is 1. The molecule has 20 heavy (non-hydrogen) atoms. The van der Waals surface area contributed by atoms with Crippen LogP contribution in [0.2, 0.25) is 0 Å². The van der Waals surface area contributed by atoms with Crippen molar-refractivity contribution in [3.8, 4) is 0 Å². The molecule has 0 radical (unpaired) electrons. The zero-order valence-corrected chi connectivity index (χ0v) is 11.7. The summed E-state index contributed by atoms with van der Waals surface area (Å²) in [5, 5.41) is 2.71. The van der Waals surface area contributed by atoms with Crippen LogP contribution in [-0.4, -0.2) is 43.1 Å². The van der Waals surface area contributed by atoms with Gasteiger partial charge in [-0.2, -0.15) is 0 Å². The lowest BCUT2D eigenvalue weighted by molar-refractivity contribution is 0.0787. The number of alkyl carbamates (subject to hydrolysis) is 1. The minimum Gasteiger partial charge on any atom is -0.453 e. The van der Waals surface area contributed by atoms with Gasteiger partial charge in [0.2, 0.25) is 0 Å². The Morgan fingerprint density at radius 3 is 2.90 bits per heavy atom. The Morgan fingerprint density at radius 2 is 2.20 bits per heavy atom. The van der Waals surface area contributed by atoms with E-state index in [-0.39, 0.29) is 11.9 Å². The fourth-order valence-corrected chi connectivity index (χ4v) is 2.34. The van der Waals surface area contributed by atoms with Crippen LogP contribution >= 0.6 is 0 Å². The predicted octanol–water partition coefficient (Wildman–Crippen LogP) is 1.15. The van der Waals surface area contributed by atoms with Gasteiger partial charge >= 0.3 is 6.09 Å². The Bertz CT molecular complexity index is 530. The molecule has 0 spiro atoms. The first-order valence-electron chi connectivity index (χ1n) is 6.51. The van der Waals surface area contributed by atoms with Gasteiger partial charge in [-0.25, -0.2) is 4.79 Å². The number of carbonyl (C=O) groups excluding carboxylic acids is 2. The fraction of sp³-hybridized carbons (Fsp3) is 0.429. The largest absolute Gasteiger partial charge is 0.453 e. The van der Waals surface area contributed by atoms with Crippen LogP contribution in [0, 0.1) is 6.92 Å². The molecule has 1 unspecified atom stereocenters. The standard InChI is InChI=1S/C14H19N3O3/c1-9-11(4-3-5-12(9)15)13(18)17-7-6-10(8-17)16-14(19)20-2/h3-5,10H,6-8,15H2,1-2H3,(H,16,19). The first kappa shape index (κ1) is 14.2. The maximum absolute atomic E-state index is 12.4. The summed E-state index contributed by atoms with van der Waals surface area (Å²) in [5.74, 6) is -0.0519. The molecule has 3 N–H and O–H groups in total. The van der Waals surface area contributed by atoms with Crippen molar-refractivity contribution in [1.29, 1.82) is 0 Å². The number of amides is 2. The van der Waals surface area contributed by atoms with E-state index in [0.29, 0.717) is 24.3 Å². The lowest BCUT2D eigenvalue weighted by atomic mass is 10.1. The van der Waals surface area contributed by atoms with Crippen LogP contribution in [0.3, 0.4) is 0 Å². The van der Waals surface area contributed by atoms with E-state index in [1.807, 2.05) is 6.92 Å². The van der Waals surface area contributed by atoms with Crippen LogP contribution in [0.1, 0.15) is 22.3 Å². The second-order valence-corrected chi connectivity index (χ2v) is 4.89. The van der Waals surface area contributed by atoms with E-state index in [1.54, 1.807) is 23.1 Å². The molecule has 1 aromatic carbocycles. The first-order chi connectivity index (χ1) is 9.52. The van der Waals surface area contributed by atoms with Crippen LogP contribution in [-0.2, 0) is 4.74 Å². The minimum absolute atomic E-state index is 0.0519. The first-order valence-corrected chi connectivity index (χ1v) is 6.51. The van der Waals surface area contributed by atoms with Gasteiger partial charge in [0.15, 0.2) is 0 Å². The summed E-state index contributed by atoms with van der Waals surface area (Å²) in [4.78, 5) is 25.3. The second kappa shape index (κ2) is 5.81. The highest BCUT2D eigenvalue weighted by Crippen LogP contribution is 2.20. The van der Waals surface area contributed by atoms with E-state index in [0.717, 1.165) is 12.0 Å². The van der Waals surface area contributed by atoms with Crippen molar-refractivity contribution in [2.24, 2.45) is 0 Å². The molecule has 1 aliphatic heterocycles. The van der Waals surface area contributed by atoms with Crippen molar-refractivity contribution < 1.29 is 14.3 Å². The van der Waals surface area contributed by atoms with Gasteiger partial charge in [-0.1, -0.05) is 6.07 Å². The van der Waals surface area contributed by atoms with Crippen molar-refractivity contribution in [2.75, 3.05) is 25.9 Å². The third-order valence-corrected chi connectivity index (χ3v) is 3.59. The number of hydrogen-bond acceptors (Lipinski definition) is 4. The molecule has 2 amide bonds. The van der Waals surface area contributed by atoms with Gasteiger partial charge in [-0.3, -0.25) is 4.79 Å². The van der Waals surface area contributed by atoms with E-state index in [2.05, 4.69) is 10.1 Å². The maximum Gasteiger partial charge on any atom is 0.407 e. The third kappa shape index (κ3) is 2.84. The average molecular weight is 277 g/mol. The molecule has 1 atom stereocenters. The van der Waals surface area contributed by atoms with Gasteiger partial charge < -0.3 is 20.7 Å². The SMILES string of the molecule is COC(=O)NC1CCN(C(=O)c2cccc(N)c2C)C1. The molecule has 6 heteroatoms.